The van der Waals surface area contributed by atoms with Crippen LogP contribution in [0.25, 0.3) is 0 Å². The molecule has 0 radical (unpaired) electrons. The van der Waals surface area contributed by atoms with Crippen LogP contribution in [-0.4, -0.2) is 63.2 Å². The van der Waals surface area contributed by atoms with Gasteiger partial charge in [0.15, 0.2) is 0 Å². The minimum atomic E-state index is 0.0726. The highest BCUT2D eigenvalue weighted by molar-refractivity contribution is 8.00. The third-order valence-electron chi connectivity index (χ3n) is 5.98. The Bertz CT molecular complexity index is 920. The Morgan fingerprint density at radius 3 is 2.62 bits per heavy atom. The van der Waals surface area contributed by atoms with E-state index in [-0.39, 0.29) is 16.8 Å². The zero-order valence-corrected chi connectivity index (χ0v) is 17.0. The average molecular weight is 405 g/mol. The van der Waals surface area contributed by atoms with E-state index in [1.807, 2.05) is 30.1 Å². The summed E-state index contributed by atoms with van der Waals surface area (Å²) in [6.07, 6.45) is 7.73. The fourth-order valence-corrected chi connectivity index (χ4v) is 6.21. The number of pyridine rings is 1. The minimum Gasteiger partial charge on any atom is -0.351 e. The molecule has 4 heterocycles. The molecule has 3 aliphatic rings. The summed E-state index contributed by atoms with van der Waals surface area (Å²) < 4.78 is 0. The van der Waals surface area contributed by atoms with Gasteiger partial charge < -0.3 is 4.90 Å². The van der Waals surface area contributed by atoms with Gasteiger partial charge in [0.05, 0.1) is 17.0 Å². The normalized spacial score (nSPS) is 27.2. The van der Waals surface area contributed by atoms with Gasteiger partial charge in [-0.2, -0.15) is 0 Å². The van der Waals surface area contributed by atoms with Crippen LogP contribution in [0, 0.1) is 0 Å². The number of thioether (sulfide) groups is 1. The van der Waals surface area contributed by atoms with Crippen molar-refractivity contribution < 1.29 is 4.79 Å². The van der Waals surface area contributed by atoms with Gasteiger partial charge in [0.2, 0.25) is 0 Å². The van der Waals surface area contributed by atoms with Gasteiger partial charge in [0, 0.05) is 56.9 Å². The zero-order chi connectivity index (χ0) is 19.6. The lowest BCUT2D eigenvalue weighted by Crippen LogP contribution is -2.52. The monoisotopic (exact) mass is 404 g/mol. The van der Waals surface area contributed by atoms with Gasteiger partial charge in [-0.15, -0.1) is 11.8 Å². The van der Waals surface area contributed by atoms with Gasteiger partial charge in [0.25, 0.3) is 0 Å². The lowest BCUT2D eigenvalue weighted by atomic mass is 10.1. The van der Waals surface area contributed by atoms with E-state index in [0.29, 0.717) is 0 Å². The van der Waals surface area contributed by atoms with Crippen molar-refractivity contribution in [1.82, 2.24) is 19.7 Å². The van der Waals surface area contributed by atoms with Crippen molar-refractivity contribution in [3.8, 4) is 0 Å². The molecule has 3 atom stereocenters. The van der Waals surface area contributed by atoms with E-state index < -0.39 is 0 Å². The molecule has 0 N–H and O–H groups in total. The van der Waals surface area contributed by atoms with E-state index in [9.17, 15) is 4.79 Å². The second-order valence-electron chi connectivity index (χ2n) is 7.73. The molecule has 2 saturated heterocycles. The second-order valence-corrected chi connectivity index (χ2v) is 8.93. The predicted octanol–water partition coefficient (Wildman–Crippen LogP) is 2.93. The summed E-state index contributed by atoms with van der Waals surface area (Å²) in [7, 11) is 0. The Hall–Kier alpha value is -2.37. The van der Waals surface area contributed by atoms with Crippen LogP contribution in [0.1, 0.15) is 16.5 Å². The van der Waals surface area contributed by atoms with Crippen molar-refractivity contribution in [1.29, 1.82) is 0 Å². The summed E-state index contributed by atoms with van der Waals surface area (Å²) in [5.74, 6) is 2.19. The highest BCUT2D eigenvalue weighted by Gasteiger charge is 2.48. The van der Waals surface area contributed by atoms with Crippen LogP contribution in [0.5, 0.6) is 0 Å². The number of rotatable bonds is 4. The molecular weight excluding hydrogens is 380 g/mol. The molecule has 29 heavy (non-hydrogen) atoms. The third kappa shape index (κ3) is 3.65. The number of piperazine rings is 1. The van der Waals surface area contributed by atoms with Crippen molar-refractivity contribution in [2.24, 2.45) is 0 Å². The van der Waals surface area contributed by atoms with E-state index in [1.54, 1.807) is 6.20 Å². The molecule has 1 aromatic carbocycles. The smallest absolute Gasteiger partial charge is 0.130 e. The molecule has 0 bridgehead atoms. The van der Waals surface area contributed by atoms with Crippen LogP contribution in [0.2, 0.25) is 0 Å². The number of aromatic nitrogens is 1. The lowest BCUT2D eigenvalue weighted by Gasteiger charge is -2.39. The van der Waals surface area contributed by atoms with E-state index in [2.05, 4.69) is 68.2 Å². The van der Waals surface area contributed by atoms with Crippen molar-refractivity contribution >= 4 is 17.7 Å². The molecule has 5 nitrogen and oxygen atoms in total. The van der Waals surface area contributed by atoms with Crippen molar-refractivity contribution in [3.63, 3.8) is 0 Å². The minimum absolute atomic E-state index is 0.0726. The molecule has 5 rings (SSSR count). The molecule has 2 aromatic rings. The molecule has 2 fully saturated rings. The van der Waals surface area contributed by atoms with Crippen LogP contribution in [0.15, 0.2) is 72.7 Å². The Balaban J connectivity index is 1.30. The molecule has 148 valence electrons. The van der Waals surface area contributed by atoms with Crippen molar-refractivity contribution in [2.75, 3.05) is 26.2 Å². The van der Waals surface area contributed by atoms with Gasteiger partial charge in [0.1, 0.15) is 11.3 Å². The lowest BCUT2D eigenvalue weighted by molar-refractivity contribution is 0.104. The topological polar surface area (TPSA) is 39.7 Å². The first kappa shape index (κ1) is 18.6. The first-order valence-corrected chi connectivity index (χ1v) is 11.0. The summed E-state index contributed by atoms with van der Waals surface area (Å²) >= 11 is 1.93. The summed E-state index contributed by atoms with van der Waals surface area (Å²) in [5.41, 5.74) is 3.32. The maximum Gasteiger partial charge on any atom is 0.130 e. The largest absolute Gasteiger partial charge is 0.351 e. The van der Waals surface area contributed by atoms with Crippen LogP contribution >= 0.6 is 11.8 Å². The molecule has 3 unspecified atom stereocenters. The van der Waals surface area contributed by atoms with Crippen LogP contribution in [-0.2, 0) is 11.3 Å². The van der Waals surface area contributed by atoms with E-state index in [1.165, 1.54) is 11.1 Å². The molecule has 6 heteroatoms. The molecular formula is C23H24N4OS. The van der Waals surface area contributed by atoms with Gasteiger partial charge >= 0.3 is 0 Å². The molecule has 0 amide bonds. The maximum atomic E-state index is 11.6. The van der Waals surface area contributed by atoms with Gasteiger partial charge in [-0.3, -0.25) is 14.8 Å². The quantitative estimate of drug-likeness (QED) is 0.730. The Morgan fingerprint density at radius 2 is 1.90 bits per heavy atom. The standard InChI is InChI=1S/C23H24N4OS/c28-17-20-8-10-27-21(20)23(29-22(27)19-7-4-9-24-15-19)26-13-11-25(12-14-26)16-18-5-2-1-3-6-18/h1-10,15,21-23H,11-14,16H2. The fraction of sp³-hybridized carbons (Fsp3) is 0.348. The third-order valence-corrected chi connectivity index (χ3v) is 7.59. The van der Waals surface area contributed by atoms with Crippen molar-refractivity contribution in [3.05, 3.63) is 83.8 Å². The van der Waals surface area contributed by atoms with Crippen LogP contribution < -0.4 is 0 Å². The highest BCUT2D eigenvalue weighted by Crippen LogP contribution is 2.51. The van der Waals surface area contributed by atoms with Gasteiger partial charge in [-0.25, -0.2) is 4.79 Å². The summed E-state index contributed by atoms with van der Waals surface area (Å²) in [4.78, 5) is 23.3. The van der Waals surface area contributed by atoms with Crippen molar-refractivity contribution in [2.45, 2.75) is 23.3 Å². The number of hydrogen-bond acceptors (Lipinski definition) is 6. The van der Waals surface area contributed by atoms with E-state index in [4.69, 9.17) is 0 Å². The maximum absolute atomic E-state index is 11.6. The SMILES string of the molecule is O=C=C1C=CN2C(c3cccnc3)SC(N3CCN(Cc4ccccc4)CC3)C12. The average Bonchev–Trinajstić information content (AvgIpc) is 3.36. The van der Waals surface area contributed by atoms with Gasteiger partial charge in [-0.1, -0.05) is 36.4 Å². The highest BCUT2D eigenvalue weighted by atomic mass is 32.2. The Morgan fingerprint density at radius 1 is 1.07 bits per heavy atom. The number of nitrogens with zero attached hydrogens (tertiary/aromatic N) is 4. The number of fused-ring (bicyclic) bond motifs is 1. The number of carbonyl (C=O) groups excluding carboxylic acids is 1. The second kappa shape index (κ2) is 8.17. The predicted molar refractivity (Wildman–Crippen MR) is 116 cm³/mol. The first-order chi connectivity index (χ1) is 14.3. The number of hydrogen-bond donors (Lipinski definition) is 0. The summed E-state index contributed by atoms with van der Waals surface area (Å²) in [6.45, 7) is 5.12. The Kier molecular flexibility index (Phi) is 5.25. The molecule has 0 aliphatic carbocycles. The fourth-order valence-electron chi connectivity index (χ4n) is 4.49. The summed E-state index contributed by atoms with van der Waals surface area (Å²) in [5, 5.41) is 0.439. The van der Waals surface area contributed by atoms with E-state index >= 15 is 0 Å². The van der Waals surface area contributed by atoms with Crippen LogP contribution in [0.4, 0.5) is 0 Å². The Labute approximate surface area is 175 Å². The summed E-state index contributed by atoms with van der Waals surface area (Å²) in [6, 6.07) is 14.8. The van der Waals surface area contributed by atoms with E-state index in [0.717, 1.165) is 38.3 Å². The van der Waals surface area contributed by atoms with Gasteiger partial charge in [-0.05, 0) is 17.7 Å². The first-order valence-electron chi connectivity index (χ1n) is 10.1. The molecule has 1 aromatic heterocycles. The molecule has 0 saturated carbocycles. The molecule has 0 spiro atoms. The number of benzene rings is 1. The zero-order valence-electron chi connectivity index (χ0n) is 16.2. The molecule has 3 aliphatic heterocycles. The van der Waals surface area contributed by atoms with Crippen LogP contribution in [0.3, 0.4) is 0 Å².